The van der Waals surface area contributed by atoms with Gasteiger partial charge in [-0.2, -0.15) is 0 Å². The van der Waals surface area contributed by atoms with Gasteiger partial charge in [0.15, 0.2) is 0 Å². The Hall–Kier alpha value is -2.24. The van der Waals surface area contributed by atoms with Crippen LogP contribution in [0, 0.1) is 5.82 Å². The number of rotatable bonds is 3. The van der Waals surface area contributed by atoms with E-state index in [1.807, 2.05) is 6.07 Å². The largest absolute Gasteiger partial charge is 0.337 e. The molecule has 0 spiro atoms. The van der Waals surface area contributed by atoms with Gasteiger partial charge in [0.1, 0.15) is 18.0 Å². The van der Waals surface area contributed by atoms with Gasteiger partial charge in [-0.15, -0.1) is 0 Å². The Morgan fingerprint density at radius 1 is 1.17 bits per heavy atom. The molecule has 4 nitrogen and oxygen atoms in total. The van der Waals surface area contributed by atoms with Crippen molar-refractivity contribution < 1.29 is 4.39 Å². The third-order valence-corrected chi connectivity index (χ3v) is 4.78. The van der Waals surface area contributed by atoms with E-state index in [1.54, 1.807) is 6.07 Å². The number of anilines is 2. The second kappa shape index (κ2) is 5.69. The molecule has 4 rings (SSSR count). The smallest absolute Gasteiger partial charge is 0.146 e. The molecule has 0 bridgehead atoms. The van der Waals surface area contributed by atoms with Gasteiger partial charge in [0.05, 0.1) is 11.2 Å². The summed E-state index contributed by atoms with van der Waals surface area (Å²) in [5.74, 6) is 0.191. The first-order valence-corrected chi connectivity index (χ1v) is 8.11. The summed E-state index contributed by atoms with van der Waals surface area (Å²) in [4.78, 5) is 8.60. The second-order valence-electron chi connectivity index (χ2n) is 6.37. The summed E-state index contributed by atoms with van der Waals surface area (Å²) < 4.78 is 14.0. The maximum Gasteiger partial charge on any atom is 0.146 e. The third kappa shape index (κ3) is 2.60. The minimum Gasteiger partial charge on any atom is -0.337 e. The Kier molecular flexibility index (Phi) is 3.62. The Morgan fingerprint density at radius 2 is 2.00 bits per heavy atom. The molecule has 0 unspecified atom stereocenters. The summed E-state index contributed by atoms with van der Waals surface area (Å²) in [5, 5.41) is 7.68. The highest BCUT2D eigenvalue weighted by Crippen LogP contribution is 2.32. The monoisotopic (exact) mass is 342 g/mol. The summed E-state index contributed by atoms with van der Waals surface area (Å²) >= 11 is 5.97. The van der Waals surface area contributed by atoms with Crippen LogP contribution in [-0.4, -0.2) is 23.1 Å². The minimum absolute atomic E-state index is 0.114. The van der Waals surface area contributed by atoms with Gasteiger partial charge < -0.3 is 10.6 Å². The van der Waals surface area contributed by atoms with Gasteiger partial charge in [-0.1, -0.05) is 24.6 Å². The topological polar surface area (TPSA) is 49.8 Å². The van der Waals surface area contributed by atoms with Crippen LogP contribution >= 0.6 is 11.6 Å². The van der Waals surface area contributed by atoms with Gasteiger partial charge in [0, 0.05) is 28.9 Å². The van der Waals surface area contributed by atoms with E-state index in [1.165, 1.54) is 24.0 Å². The number of nitrogens with zero attached hydrogens (tertiary/aromatic N) is 2. The van der Waals surface area contributed by atoms with Crippen molar-refractivity contribution in [3.05, 3.63) is 59.1 Å². The number of halogens is 2. The third-order valence-electron chi connectivity index (χ3n) is 4.54. The van der Waals surface area contributed by atoms with Crippen LogP contribution in [0.1, 0.15) is 12.5 Å². The average molecular weight is 343 g/mol. The van der Waals surface area contributed by atoms with Gasteiger partial charge in [0.25, 0.3) is 0 Å². The van der Waals surface area contributed by atoms with Crippen molar-refractivity contribution in [2.24, 2.45) is 0 Å². The van der Waals surface area contributed by atoms with Crippen molar-refractivity contribution in [3.8, 4) is 0 Å². The molecule has 1 aliphatic rings. The molecule has 2 aromatic carbocycles. The lowest BCUT2D eigenvalue weighted by atomic mass is 9.77. The molecule has 122 valence electrons. The fourth-order valence-electron chi connectivity index (χ4n) is 2.96. The molecule has 1 fully saturated rings. The Morgan fingerprint density at radius 3 is 2.75 bits per heavy atom. The van der Waals surface area contributed by atoms with E-state index in [9.17, 15) is 4.39 Å². The lowest BCUT2D eigenvalue weighted by Crippen LogP contribution is -2.54. The predicted octanol–water partition coefficient (Wildman–Crippen LogP) is 4.03. The second-order valence-corrected chi connectivity index (χ2v) is 6.80. The van der Waals surface area contributed by atoms with Crippen LogP contribution in [0.25, 0.3) is 10.9 Å². The first-order chi connectivity index (χ1) is 11.5. The summed E-state index contributed by atoms with van der Waals surface area (Å²) in [6.07, 6.45) is 1.47. The molecule has 1 saturated heterocycles. The van der Waals surface area contributed by atoms with Crippen molar-refractivity contribution in [3.63, 3.8) is 0 Å². The predicted molar refractivity (Wildman–Crippen MR) is 94.5 cm³/mol. The lowest BCUT2D eigenvalue weighted by molar-refractivity contribution is 0.306. The highest BCUT2D eigenvalue weighted by molar-refractivity contribution is 6.30. The van der Waals surface area contributed by atoms with Gasteiger partial charge in [-0.05, 0) is 35.9 Å². The van der Waals surface area contributed by atoms with Gasteiger partial charge >= 0.3 is 0 Å². The van der Waals surface area contributed by atoms with Crippen LogP contribution in [0.4, 0.5) is 15.9 Å². The van der Waals surface area contributed by atoms with Gasteiger partial charge in [-0.3, -0.25) is 0 Å². The summed E-state index contributed by atoms with van der Waals surface area (Å²) in [5.41, 5.74) is 2.44. The van der Waals surface area contributed by atoms with Crippen molar-refractivity contribution in [1.29, 1.82) is 0 Å². The number of fused-ring (bicyclic) bond motifs is 1. The number of nitrogens with one attached hydrogen (secondary N) is 2. The molecule has 0 amide bonds. The number of benzene rings is 2. The van der Waals surface area contributed by atoms with Gasteiger partial charge in [0.2, 0.25) is 0 Å². The zero-order valence-corrected chi connectivity index (χ0v) is 13.9. The zero-order chi connectivity index (χ0) is 16.7. The molecule has 6 heteroatoms. The first kappa shape index (κ1) is 15.3. The standard InChI is InChI=1S/C18H16ClFN4/c1-18(8-21-9-18)11-2-5-15-13(6-11)17(23-10-22-15)24-16-7-12(19)3-4-14(16)20/h2-7,10,21H,8-9H2,1H3,(H,22,23,24). The van der Waals surface area contributed by atoms with E-state index < -0.39 is 0 Å². The SMILES string of the molecule is CC1(c2ccc3ncnc(Nc4cc(Cl)ccc4F)c3c2)CNC1. The number of hydrogen-bond donors (Lipinski definition) is 2. The van der Waals surface area contributed by atoms with Gasteiger partial charge in [-0.25, -0.2) is 14.4 Å². The molecule has 2 heterocycles. The molecule has 0 radical (unpaired) electrons. The molecular weight excluding hydrogens is 327 g/mol. The van der Waals surface area contributed by atoms with Crippen molar-refractivity contribution in [2.75, 3.05) is 18.4 Å². The van der Waals surface area contributed by atoms with E-state index in [4.69, 9.17) is 11.6 Å². The normalized spacial score (nSPS) is 16.0. The summed E-state index contributed by atoms with van der Waals surface area (Å²) in [6.45, 7) is 4.11. The van der Waals surface area contributed by atoms with Crippen LogP contribution in [0.3, 0.4) is 0 Å². The van der Waals surface area contributed by atoms with Crippen molar-refractivity contribution in [1.82, 2.24) is 15.3 Å². The van der Waals surface area contributed by atoms with Crippen LogP contribution in [0.15, 0.2) is 42.7 Å². The van der Waals surface area contributed by atoms with Crippen LogP contribution in [-0.2, 0) is 5.41 Å². The molecule has 0 saturated carbocycles. The molecular formula is C18H16ClFN4. The molecule has 1 aromatic heterocycles. The highest BCUT2D eigenvalue weighted by Gasteiger charge is 2.33. The van der Waals surface area contributed by atoms with Crippen LogP contribution in [0.5, 0.6) is 0 Å². The quantitative estimate of drug-likeness (QED) is 0.754. The number of hydrogen-bond acceptors (Lipinski definition) is 4. The molecule has 0 atom stereocenters. The summed E-state index contributed by atoms with van der Waals surface area (Å²) in [7, 11) is 0. The minimum atomic E-state index is -0.377. The van der Waals surface area contributed by atoms with Crippen LogP contribution in [0.2, 0.25) is 5.02 Å². The van der Waals surface area contributed by atoms with E-state index in [0.717, 1.165) is 24.0 Å². The Balaban J connectivity index is 1.80. The molecule has 3 aromatic rings. The Bertz CT molecular complexity index is 924. The zero-order valence-electron chi connectivity index (χ0n) is 13.1. The average Bonchev–Trinajstić information content (AvgIpc) is 2.56. The summed E-state index contributed by atoms with van der Waals surface area (Å²) in [6, 6.07) is 10.6. The number of aromatic nitrogens is 2. The van der Waals surface area contributed by atoms with Crippen molar-refractivity contribution >= 4 is 34.0 Å². The van der Waals surface area contributed by atoms with E-state index in [0.29, 0.717) is 16.5 Å². The lowest BCUT2D eigenvalue weighted by Gasteiger charge is -2.40. The van der Waals surface area contributed by atoms with E-state index >= 15 is 0 Å². The molecule has 24 heavy (non-hydrogen) atoms. The fraction of sp³-hybridized carbons (Fsp3) is 0.222. The highest BCUT2D eigenvalue weighted by atomic mass is 35.5. The van der Waals surface area contributed by atoms with E-state index in [-0.39, 0.29) is 11.2 Å². The van der Waals surface area contributed by atoms with E-state index in [2.05, 4.69) is 39.7 Å². The fourth-order valence-corrected chi connectivity index (χ4v) is 3.13. The molecule has 1 aliphatic heterocycles. The molecule has 2 N–H and O–H groups in total. The van der Waals surface area contributed by atoms with Crippen molar-refractivity contribution in [2.45, 2.75) is 12.3 Å². The molecule has 0 aliphatic carbocycles. The maximum absolute atomic E-state index is 14.0. The van der Waals surface area contributed by atoms with Crippen LogP contribution < -0.4 is 10.6 Å². The maximum atomic E-state index is 14.0. The first-order valence-electron chi connectivity index (χ1n) is 7.73. The Labute approximate surface area is 144 Å².